The van der Waals surface area contributed by atoms with Gasteiger partial charge < -0.3 is 14.8 Å². The van der Waals surface area contributed by atoms with Crippen LogP contribution in [-0.4, -0.2) is 67.3 Å². The average Bonchev–Trinajstić information content (AvgIpc) is 2.60. The molecule has 19 heteroatoms. The number of nitrogens with one attached hydrogen (secondary N) is 1. The molecular formula is C15H17F10NO7S. The summed E-state index contributed by atoms with van der Waals surface area (Å²) in [4.78, 5) is 23.6. The Morgan fingerprint density at radius 3 is 1.85 bits per heavy atom. The molecule has 0 aliphatic rings. The minimum absolute atomic E-state index is 0.764. The van der Waals surface area contributed by atoms with Crippen LogP contribution in [0.5, 0.6) is 0 Å². The van der Waals surface area contributed by atoms with Crippen LogP contribution in [-0.2, 0) is 29.2 Å². The summed E-state index contributed by atoms with van der Waals surface area (Å²) in [6.45, 7) is 0.513. The number of ether oxygens (including phenoxy) is 2. The van der Waals surface area contributed by atoms with E-state index < -0.39 is 89.3 Å². The summed E-state index contributed by atoms with van der Waals surface area (Å²) in [5.41, 5.74) is -0.764. The van der Waals surface area contributed by atoms with Gasteiger partial charge in [0.1, 0.15) is 0 Å². The molecule has 1 atom stereocenters. The molecule has 0 aromatic heterocycles. The highest BCUT2D eigenvalue weighted by atomic mass is 32.2. The van der Waals surface area contributed by atoms with E-state index >= 15 is 0 Å². The molecule has 0 heterocycles. The first-order chi connectivity index (χ1) is 14.9. The topological polar surface area (TPSA) is 119 Å². The minimum atomic E-state index is -6.65. The summed E-state index contributed by atoms with van der Waals surface area (Å²) in [5.74, 6) is -14.7. The fourth-order valence-electron chi connectivity index (χ4n) is 1.91. The molecule has 0 bridgehead atoms. The van der Waals surface area contributed by atoms with Crippen molar-refractivity contribution in [1.29, 1.82) is 0 Å². The van der Waals surface area contributed by atoms with E-state index in [4.69, 9.17) is 4.55 Å². The average molecular weight is 545 g/mol. The van der Waals surface area contributed by atoms with Crippen molar-refractivity contribution in [2.75, 3.05) is 13.2 Å². The number of amides is 1. The van der Waals surface area contributed by atoms with Gasteiger partial charge in [-0.05, 0) is 13.3 Å². The van der Waals surface area contributed by atoms with Crippen molar-refractivity contribution >= 4 is 22.0 Å². The van der Waals surface area contributed by atoms with Gasteiger partial charge in [0, 0.05) is 18.5 Å². The third-order valence-corrected chi connectivity index (χ3v) is 4.59. The first-order valence-corrected chi connectivity index (χ1v) is 10.0. The second kappa shape index (κ2) is 10.6. The second-order valence-electron chi connectivity index (χ2n) is 6.55. The molecule has 200 valence electrons. The van der Waals surface area contributed by atoms with E-state index in [1.165, 1.54) is 0 Å². The molecule has 0 radical (unpaired) electrons. The summed E-state index contributed by atoms with van der Waals surface area (Å²) < 4.78 is 168. The molecule has 0 aliphatic heterocycles. The molecule has 0 aliphatic carbocycles. The molecule has 0 aromatic rings. The number of carbonyl (C=O) groups excluding carboxylic acids is 2. The summed E-state index contributed by atoms with van der Waals surface area (Å²) >= 11 is 0. The Hall–Kier alpha value is -2.15. The van der Waals surface area contributed by atoms with Crippen LogP contribution in [0.15, 0.2) is 12.2 Å². The maximum absolute atomic E-state index is 13.6. The Morgan fingerprint density at radius 1 is 0.971 bits per heavy atom. The van der Waals surface area contributed by atoms with Crippen LogP contribution < -0.4 is 5.32 Å². The van der Waals surface area contributed by atoms with E-state index in [2.05, 4.69) is 16.1 Å². The Balaban J connectivity index is 5.81. The fraction of sp³-hybridized carbons (Fsp3) is 0.733. The zero-order valence-corrected chi connectivity index (χ0v) is 17.6. The van der Waals surface area contributed by atoms with Crippen LogP contribution >= 0.6 is 0 Å². The van der Waals surface area contributed by atoms with Crippen LogP contribution in [0, 0.1) is 0 Å². The third kappa shape index (κ3) is 7.97. The number of hydrogen-bond acceptors (Lipinski definition) is 6. The van der Waals surface area contributed by atoms with E-state index in [0.29, 0.717) is 0 Å². The first-order valence-electron chi connectivity index (χ1n) is 8.58. The monoisotopic (exact) mass is 545 g/mol. The summed E-state index contributed by atoms with van der Waals surface area (Å²) in [6, 6.07) is 0. The smallest absolute Gasteiger partial charge is 0.412 e. The van der Waals surface area contributed by atoms with Gasteiger partial charge in [-0.1, -0.05) is 6.58 Å². The van der Waals surface area contributed by atoms with E-state index in [1.54, 1.807) is 0 Å². The van der Waals surface area contributed by atoms with E-state index in [9.17, 15) is 61.9 Å². The lowest BCUT2D eigenvalue weighted by Crippen LogP contribution is -2.62. The molecule has 1 amide bonds. The molecule has 2 N–H and O–H groups in total. The highest BCUT2D eigenvalue weighted by Gasteiger charge is 2.67. The lowest BCUT2D eigenvalue weighted by atomic mass is 10.2. The van der Waals surface area contributed by atoms with Crippen molar-refractivity contribution in [3.63, 3.8) is 0 Å². The Labute approximate surface area is 185 Å². The van der Waals surface area contributed by atoms with Crippen LogP contribution in [0.4, 0.5) is 43.9 Å². The van der Waals surface area contributed by atoms with Crippen molar-refractivity contribution in [2.45, 2.75) is 55.5 Å². The van der Waals surface area contributed by atoms with Gasteiger partial charge in [-0.15, -0.1) is 0 Å². The van der Waals surface area contributed by atoms with Crippen LogP contribution in [0.3, 0.4) is 0 Å². The molecule has 1 unspecified atom stereocenters. The number of hydrogen-bond donors (Lipinski definition) is 2. The maximum atomic E-state index is 13.6. The molecule has 0 spiro atoms. The van der Waals surface area contributed by atoms with Crippen LogP contribution in [0.2, 0.25) is 0 Å². The van der Waals surface area contributed by atoms with E-state index in [1.807, 2.05) is 0 Å². The lowest BCUT2D eigenvalue weighted by Gasteiger charge is -2.33. The van der Waals surface area contributed by atoms with Gasteiger partial charge >= 0.3 is 51.3 Å². The SMILES string of the molecule is C=C(C)C(=O)OC(OCCCC(F)(F)C(F)(F)S(=O)(=O)O)(C(=O)NCCC(F)(F)F)C(F)(F)F. The molecule has 0 fully saturated rings. The van der Waals surface area contributed by atoms with E-state index in [0.717, 1.165) is 12.2 Å². The number of esters is 1. The molecule has 34 heavy (non-hydrogen) atoms. The predicted molar refractivity (Wildman–Crippen MR) is 90.0 cm³/mol. The fourth-order valence-corrected chi connectivity index (χ4v) is 2.39. The first kappa shape index (κ1) is 31.9. The van der Waals surface area contributed by atoms with E-state index in [-0.39, 0.29) is 0 Å². The van der Waals surface area contributed by atoms with Crippen LogP contribution in [0.25, 0.3) is 0 Å². The molecule has 8 nitrogen and oxygen atoms in total. The second-order valence-corrected chi connectivity index (χ2v) is 8.02. The summed E-state index contributed by atoms with van der Waals surface area (Å²) in [6.07, 6.45) is -16.6. The van der Waals surface area contributed by atoms with Gasteiger partial charge in [-0.2, -0.15) is 52.3 Å². The summed E-state index contributed by atoms with van der Waals surface area (Å²) in [7, 11) is -6.65. The minimum Gasteiger partial charge on any atom is -0.412 e. The Morgan fingerprint density at radius 2 is 1.47 bits per heavy atom. The normalized spacial score (nSPS) is 15.4. The third-order valence-electron chi connectivity index (χ3n) is 3.64. The number of carbonyl (C=O) groups is 2. The largest absolute Gasteiger partial charge is 0.466 e. The Kier molecular flexibility index (Phi) is 9.96. The van der Waals surface area contributed by atoms with Crippen molar-refractivity contribution in [3.05, 3.63) is 12.2 Å². The standard InChI is InChI=1S/C15H17F10NO7S/c1-8(2)9(27)33-13(14(21,22)23,10(28)26-6-5-12(18,19)20)32-7-3-4-11(16,17)15(24,25)34(29,30)31/h1,3-7H2,2H3,(H,26,28)(H,29,30,31). The quantitative estimate of drug-likeness (QED) is 0.0965. The molecule has 0 saturated heterocycles. The Bertz CT molecular complexity index is 870. The number of alkyl halides is 10. The molecular weight excluding hydrogens is 528 g/mol. The maximum Gasteiger partial charge on any atom is 0.466 e. The highest BCUT2D eigenvalue weighted by Crippen LogP contribution is 2.42. The molecule has 0 saturated carbocycles. The van der Waals surface area contributed by atoms with Crippen molar-refractivity contribution < 1.29 is 75.9 Å². The van der Waals surface area contributed by atoms with Gasteiger partial charge in [0.2, 0.25) is 0 Å². The zero-order valence-electron chi connectivity index (χ0n) is 16.8. The summed E-state index contributed by atoms with van der Waals surface area (Å²) in [5, 5.41) is -4.91. The van der Waals surface area contributed by atoms with Gasteiger partial charge in [0.05, 0.1) is 13.0 Å². The molecule has 0 rings (SSSR count). The van der Waals surface area contributed by atoms with Crippen molar-refractivity contribution in [3.8, 4) is 0 Å². The van der Waals surface area contributed by atoms with Gasteiger partial charge in [-0.3, -0.25) is 9.35 Å². The van der Waals surface area contributed by atoms with Gasteiger partial charge in [0.15, 0.2) is 0 Å². The predicted octanol–water partition coefficient (Wildman–Crippen LogP) is 3.35. The highest BCUT2D eigenvalue weighted by molar-refractivity contribution is 7.87. The van der Waals surface area contributed by atoms with Crippen molar-refractivity contribution in [1.82, 2.24) is 5.32 Å². The lowest BCUT2D eigenvalue weighted by molar-refractivity contribution is -0.347. The van der Waals surface area contributed by atoms with Crippen molar-refractivity contribution in [2.24, 2.45) is 0 Å². The zero-order chi connectivity index (χ0) is 27.4. The number of halogens is 10. The molecule has 0 aromatic carbocycles. The van der Waals surface area contributed by atoms with Gasteiger partial charge in [0.25, 0.3) is 0 Å². The van der Waals surface area contributed by atoms with Crippen LogP contribution in [0.1, 0.15) is 26.2 Å². The number of rotatable bonds is 12. The van der Waals surface area contributed by atoms with Gasteiger partial charge in [-0.25, -0.2) is 4.79 Å².